The Labute approximate surface area is 117 Å². The summed E-state index contributed by atoms with van der Waals surface area (Å²) < 4.78 is 0. The van der Waals surface area contributed by atoms with Crippen LogP contribution in [0.1, 0.15) is 41.7 Å². The summed E-state index contributed by atoms with van der Waals surface area (Å²) in [5.41, 5.74) is 1.66. The first-order valence-electron chi connectivity index (χ1n) is 6.52. The van der Waals surface area contributed by atoms with Crippen molar-refractivity contribution in [2.75, 3.05) is 11.9 Å². The molecule has 4 heteroatoms. The lowest BCUT2D eigenvalue weighted by molar-refractivity contribution is 0.0730. The summed E-state index contributed by atoms with van der Waals surface area (Å²) in [5.74, 6) is 0.138. The Morgan fingerprint density at radius 2 is 2.39 bits per heavy atom. The molecule has 3 nitrogen and oxygen atoms in total. The zero-order chi connectivity index (χ0) is 13.0. The minimum absolute atomic E-state index is 0.138. The third kappa shape index (κ3) is 3.10. The number of alkyl halides is 1. The summed E-state index contributed by atoms with van der Waals surface area (Å²) in [6.07, 6.45) is 6.17. The molecule has 1 aliphatic heterocycles. The molecule has 1 aromatic rings. The van der Waals surface area contributed by atoms with E-state index in [4.69, 9.17) is 0 Å². The van der Waals surface area contributed by atoms with E-state index in [2.05, 4.69) is 20.9 Å². The van der Waals surface area contributed by atoms with Crippen LogP contribution in [0, 0.1) is 6.92 Å². The molecule has 0 aliphatic carbocycles. The van der Waals surface area contributed by atoms with Crippen molar-refractivity contribution in [2.45, 2.75) is 38.6 Å². The second-order valence-electron chi connectivity index (χ2n) is 4.81. The molecule has 1 unspecified atom stereocenters. The molecule has 1 atom stereocenters. The predicted octanol–water partition coefficient (Wildman–Crippen LogP) is 3.17. The third-order valence-electron chi connectivity index (χ3n) is 3.47. The number of aryl methyl sites for hydroxylation is 1. The van der Waals surface area contributed by atoms with Gasteiger partial charge in [0, 0.05) is 29.8 Å². The van der Waals surface area contributed by atoms with Crippen LogP contribution in [-0.4, -0.2) is 33.7 Å². The number of rotatable bonds is 4. The van der Waals surface area contributed by atoms with Crippen LogP contribution in [0.15, 0.2) is 18.3 Å². The van der Waals surface area contributed by atoms with E-state index in [1.54, 1.807) is 6.20 Å². The molecular formula is C14H19BrN2O. The van der Waals surface area contributed by atoms with E-state index in [-0.39, 0.29) is 5.91 Å². The Bertz CT molecular complexity index is 405. The normalized spacial score (nSPS) is 19.2. The minimum Gasteiger partial charge on any atom is -0.336 e. The summed E-state index contributed by atoms with van der Waals surface area (Å²) in [6.45, 7) is 2.82. The van der Waals surface area contributed by atoms with Gasteiger partial charge in [0.25, 0.3) is 5.91 Å². The maximum atomic E-state index is 12.4. The summed E-state index contributed by atoms with van der Waals surface area (Å²) in [5, 5.41) is 1.01. The number of likely N-dealkylation sites (tertiary alicyclic amines) is 1. The van der Waals surface area contributed by atoms with Gasteiger partial charge in [-0.3, -0.25) is 9.78 Å². The minimum atomic E-state index is 0.138. The van der Waals surface area contributed by atoms with Gasteiger partial charge in [-0.15, -0.1) is 0 Å². The highest BCUT2D eigenvalue weighted by Gasteiger charge is 2.28. The largest absolute Gasteiger partial charge is 0.336 e. The molecule has 18 heavy (non-hydrogen) atoms. The molecule has 0 radical (unpaired) electrons. The molecule has 0 saturated carbocycles. The van der Waals surface area contributed by atoms with E-state index in [1.165, 1.54) is 0 Å². The van der Waals surface area contributed by atoms with Crippen molar-refractivity contribution in [1.82, 2.24) is 9.88 Å². The second kappa shape index (κ2) is 6.32. The fourth-order valence-electron chi connectivity index (χ4n) is 2.48. The maximum Gasteiger partial charge on any atom is 0.255 e. The Kier molecular flexibility index (Phi) is 4.75. The molecule has 98 valence electrons. The fourth-order valence-corrected chi connectivity index (χ4v) is 2.80. The number of pyridine rings is 1. The average Bonchev–Trinajstić information content (AvgIpc) is 2.84. The quantitative estimate of drug-likeness (QED) is 0.800. The SMILES string of the molecule is Cc1ccc(C(=O)N2CCCC2CCCBr)cn1. The van der Waals surface area contributed by atoms with E-state index in [0.717, 1.165) is 43.3 Å². The Hall–Kier alpha value is -0.900. The van der Waals surface area contributed by atoms with Crippen molar-refractivity contribution in [3.63, 3.8) is 0 Å². The lowest BCUT2D eigenvalue weighted by atomic mass is 10.1. The van der Waals surface area contributed by atoms with Crippen LogP contribution in [0.4, 0.5) is 0 Å². The molecule has 0 N–H and O–H groups in total. The van der Waals surface area contributed by atoms with Crippen molar-refractivity contribution in [2.24, 2.45) is 0 Å². The Morgan fingerprint density at radius 1 is 1.56 bits per heavy atom. The number of aromatic nitrogens is 1. The van der Waals surface area contributed by atoms with Crippen LogP contribution in [0.25, 0.3) is 0 Å². The van der Waals surface area contributed by atoms with Gasteiger partial charge in [-0.05, 0) is 44.7 Å². The van der Waals surface area contributed by atoms with Crippen LogP contribution in [-0.2, 0) is 0 Å². The standard InChI is InChI=1S/C14H19BrN2O/c1-11-6-7-12(10-16-11)14(18)17-9-3-5-13(17)4-2-8-15/h6-7,10,13H,2-5,8-9H2,1H3. The number of hydrogen-bond donors (Lipinski definition) is 0. The van der Waals surface area contributed by atoms with Crippen LogP contribution in [0.3, 0.4) is 0 Å². The molecule has 1 saturated heterocycles. The zero-order valence-corrected chi connectivity index (χ0v) is 12.3. The highest BCUT2D eigenvalue weighted by atomic mass is 79.9. The van der Waals surface area contributed by atoms with Crippen molar-refractivity contribution in [1.29, 1.82) is 0 Å². The number of nitrogens with zero attached hydrogens (tertiary/aromatic N) is 2. The number of hydrogen-bond acceptors (Lipinski definition) is 2. The summed E-state index contributed by atoms with van der Waals surface area (Å²) >= 11 is 3.45. The fraction of sp³-hybridized carbons (Fsp3) is 0.571. The summed E-state index contributed by atoms with van der Waals surface area (Å²) in [4.78, 5) is 18.6. The molecule has 2 rings (SSSR count). The van der Waals surface area contributed by atoms with Crippen LogP contribution < -0.4 is 0 Å². The van der Waals surface area contributed by atoms with Gasteiger partial charge in [0.2, 0.25) is 0 Å². The molecule has 0 spiro atoms. The summed E-state index contributed by atoms with van der Waals surface area (Å²) in [6, 6.07) is 4.19. The van der Waals surface area contributed by atoms with Crippen LogP contribution in [0.2, 0.25) is 0 Å². The monoisotopic (exact) mass is 310 g/mol. The van der Waals surface area contributed by atoms with Gasteiger partial charge in [-0.2, -0.15) is 0 Å². The molecular weight excluding hydrogens is 292 g/mol. The number of amides is 1. The molecule has 1 fully saturated rings. The van der Waals surface area contributed by atoms with E-state index in [0.29, 0.717) is 11.6 Å². The van der Waals surface area contributed by atoms with Gasteiger partial charge in [0.15, 0.2) is 0 Å². The number of carbonyl (C=O) groups excluding carboxylic acids is 1. The Morgan fingerprint density at radius 3 is 3.06 bits per heavy atom. The molecule has 1 amide bonds. The lowest BCUT2D eigenvalue weighted by Crippen LogP contribution is -2.35. The van der Waals surface area contributed by atoms with Crippen molar-refractivity contribution >= 4 is 21.8 Å². The first-order valence-corrected chi connectivity index (χ1v) is 7.64. The van der Waals surface area contributed by atoms with E-state index < -0.39 is 0 Å². The van der Waals surface area contributed by atoms with Crippen LogP contribution in [0.5, 0.6) is 0 Å². The van der Waals surface area contributed by atoms with Crippen molar-refractivity contribution in [3.05, 3.63) is 29.6 Å². The topological polar surface area (TPSA) is 33.2 Å². The lowest BCUT2D eigenvalue weighted by Gasteiger charge is -2.24. The molecule has 0 bridgehead atoms. The maximum absolute atomic E-state index is 12.4. The molecule has 2 heterocycles. The van der Waals surface area contributed by atoms with E-state index in [9.17, 15) is 4.79 Å². The van der Waals surface area contributed by atoms with E-state index >= 15 is 0 Å². The Balaban J connectivity index is 2.05. The van der Waals surface area contributed by atoms with E-state index in [1.807, 2.05) is 24.0 Å². The van der Waals surface area contributed by atoms with Crippen LogP contribution >= 0.6 is 15.9 Å². The van der Waals surface area contributed by atoms with Crippen molar-refractivity contribution < 1.29 is 4.79 Å². The number of carbonyl (C=O) groups is 1. The molecule has 1 aromatic heterocycles. The highest BCUT2D eigenvalue weighted by Crippen LogP contribution is 2.23. The first-order chi connectivity index (χ1) is 8.72. The van der Waals surface area contributed by atoms with Gasteiger partial charge < -0.3 is 4.90 Å². The van der Waals surface area contributed by atoms with Crippen molar-refractivity contribution in [3.8, 4) is 0 Å². The highest BCUT2D eigenvalue weighted by molar-refractivity contribution is 9.09. The summed E-state index contributed by atoms with van der Waals surface area (Å²) in [7, 11) is 0. The van der Waals surface area contributed by atoms with Gasteiger partial charge in [0.1, 0.15) is 0 Å². The van der Waals surface area contributed by atoms with Gasteiger partial charge in [-0.1, -0.05) is 15.9 Å². The first kappa shape index (κ1) is 13.5. The van der Waals surface area contributed by atoms with Gasteiger partial charge >= 0.3 is 0 Å². The second-order valence-corrected chi connectivity index (χ2v) is 5.61. The average molecular weight is 311 g/mol. The zero-order valence-electron chi connectivity index (χ0n) is 10.7. The smallest absolute Gasteiger partial charge is 0.255 e. The molecule has 1 aliphatic rings. The number of halogens is 1. The van der Waals surface area contributed by atoms with Gasteiger partial charge in [0.05, 0.1) is 5.56 Å². The third-order valence-corrected chi connectivity index (χ3v) is 4.03. The molecule has 0 aromatic carbocycles. The van der Waals surface area contributed by atoms with Gasteiger partial charge in [-0.25, -0.2) is 0 Å². The predicted molar refractivity (Wildman–Crippen MR) is 76.1 cm³/mol.